The molecule has 2 aromatic carbocycles. The molecule has 0 aliphatic rings. The normalized spacial score (nSPS) is 11.6. The van der Waals surface area contributed by atoms with Crippen molar-refractivity contribution >= 4 is 17.7 Å². The zero-order valence-electron chi connectivity index (χ0n) is 14.6. The molecular formula is C19H15F3N4O2. The first-order valence-corrected chi connectivity index (χ1v) is 8.13. The minimum absolute atomic E-state index is 0.130. The number of aryl methyl sites for hydroxylation is 1. The van der Waals surface area contributed by atoms with Crippen LogP contribution < -0.4 is 10.1 Å². The summed E-state index contributed by atoms with van der Waals surface area (Å²) >= 11 is 0. The number of anilines is 1. The number of benzene rings is 2. The number of para-hydroxylation sites is 1. The van der Waals surface area contributed by atoms with E-state index in [2.05, 4.69) is 25.2 Å². The molecule has 1 aromatic heterocycles. The van der Waals surface area contributed by atoms with Crippen LogP contribution >= 0.6 is 0 Å². The number of carbonyl (C=O) groups is 1. The van der Waals surface area contributed by atoms with Crippen molar-refractivity contribution in [3.8, 4) is 17.1 Å². The molecule has 6 nitrogen and oxygen atoms in total. The summed E-state index contributed by atoms with van der Waals surface area (Å²) in [4.78, 5) is 16.3. The molecule has 0 saturated heterocycles. The smallest absolute Gasteiger partial charge is 0.405 e. The molecule has 0 radical (unpaired) electrons. The van der Waals surface area contributed by atoms with Gasteiger partial charge >= 0.3 is 6.36 Å². The lowest BCUT2D eigenvalue weighted by Gasteiger charge is -2.11. The molecule has 3 aromatic rings. The molecule has 0 aliphatic carbocycles. The van der Waals surface area contributed by atoms with Crippen LogP contribution in [0.2, 0.25) is 0 Å². The lowest BCUT2D eigenvalue weighted by Crippen LogP contribution is -2.17. The van der Waals surface area contributed by atoms with E-state index < -0.39 is 12.3 Å². The number of H-pyrrole nitrogens is 1. The Morgan fingerprint density at radius 3 is 2.50 bits per heavy atom. The van der Waals surface area contributed by atoms with Gasteiger partial charge in [-0.3, -0.25) is 9.89 Å². The third kappa shape index (κ3) is 5.19. The number of alkyl halides is 3. The molecule has 0 saturated carbocycles. The third-order valence-corrected chi connectivity index (χ3v) is 3.57. The molecule has 0 atom stereocenters. The maximum absolute atomic E-state index is 12.4. The Hall–Kier alpha value is -3.62. The van der Waals surface area contributed by atoms with Gasteiger partial charge in [-0.25, -0.2) is 4.98 Å². The first-order valence-electron chi connectivity index (χ1n) is 8.13. The van der Waals surface area contributed by atoms with E-state index >= 15 is 0 Å². The van der Waals surface area contributed by atoms with Crippen molar-refractivity contribution in [2.75, 3.05) is 5.32 Å². The standard InChI is InChI=1S/C19H15F3N4O2/c1-12-23-18(26-25-12)14-6-9-15(10-7-14)24-17(27)11-8-13-4-2-3-5-16(13)28-19(20,21)22/h2-11H,1H3,(H,24,27)(H,23,25,26)/b11-8+. The summed E-state index contributed by atoms with van der Waals surface area (Å²) in [6.45, 7) is 1.79. The van der Waals surface area contributed by atoms with Gasteiger partial charge in [-0.2, -0.15) is 5.10 Å². The second kappa shape index (κ2) is 7.95. The lowest BCUT2D eigenvalue weighted by molar-refractivity contribution is -0.274. The zero-order chi connectivity index (χ0) is 20.1. The molecular weight excluding hydrogens is 373 g/mol. The summed E-state index contributed by atoms with van der Waals surface area (Å²) in [6.07, 6.45) is -2.43. The van der Waals surface area contributed by atoms with Gasteiger partial charge in [-0.1, -0.05) is 18.2 Å². The Morgan fingerprint density at radius 2 is 1.86 bits per heavy atom. The molecule has 0 bridgehead atoms. The van der Waals surface area contributed by atoms with E-state index in [4.69, 9.17) is 0 Å². The van der Waals surface area contributed by atoms with Gasteiger partial charge in [0, 0.05) is 22.9 Å². The number of halogens is 3. The van der Waals surface area contributed by atoms with Gasteiger partial charge in [0.2, 0.25) is 5.91 Å². The topological polar surface area (TPSA) is 79.9 Å². The van der Waals surface area contributed by atoms with E-state index in [1.165, 1.54) is 24.3 Å². The molecule has 0 fully saturated rings. The SMILES string of the molecule is Cc1nc(-c2ccc(NC(=O)/C=C/c3ccccc3OC(F)(F)F)cc2)n[nH]1. The van der Waals surface area contributed by atoms with E-state index in [-0.39, 0.29) is 11.3 Å². The van der Waals surface area contributed by atoms with E-state index in [0.29, 0.717) is 17.3 Å². The highest BCUT2D eigenvalue weighted by molar-refractivity contribution is 6.02. The first kappa shape index (κ1) is 19.2. The summed E-state index contributed by atoms with van der Waals surface area (Å²) in [5.74, 6) is 0.345. The molecule has 3 rings (SSSR count). The second-order valence-corrected chi connectivity index (χ2v) is 5.73. The molecule has 0 spiro atoms. The highest BCUT2D eigenvalue weighted by Gasteiger charge is 2.31. The van der Waals surface area contributed by atoms with Crippen LogP contribution in [-0.2, 0) is 4.79 Å². The summed E-state index contributed by atoms with van der Waals surface area (Å²) in [6, 6.07) is 12.4. The van der Waals surface area contributed by atoms with Crippen LogP contribution in [0.3, 0.4) is 0 Å². The van der Waals surface area contributed by atoms with Crippen LogP contribution in [0.4, 0.5) is 18.9 Å². The first-order chi connectivity index (χ1) is 13.3. The van der Waals surface area contributed by atoms with Crippen molar-refractivity contribution in [2.45, 2.75) is 13.3 Å². The van der Waals surface area contributed by atoms with Crippen LogP contribution in [0.25, 0.3) is 17.5 Å². The fraction of sp³-hybridized carbons (Fsp3) is 0.105. The third-order valence-electron chi connectivity index (χ3n) is 3.57. The van der Waals surface area contributed by atoms with E-state index in [1.54, 1.807) is 37.3 Å². The van der Waals surface area contributed by atoms with Gasteiger partial charge in [-0.05, 0) is 43.3 Å². The van der Waals surface area contributed by atoms with Gasteiger partial charge < -0.3 is 10.1 Å². The summed E-state index contributed by atoms with van der Waals surface area (Å²) in [7, 11) is 0. The summed E-state index contributed by atoms with van der Waals surface area (Å²) < 4.78 is 41.2. The number of aromatic amines is 1. The van der Waals surface area contributed by atoms with Crippen LogP contribution in [0.15, 0.2) is 54.6 Å². The predicted molar refractivity (Wildman–Crippen MR) is 97.3 cm³/mol. The lowest BCUT2D eigenvalue weighted by atomic mass is 10.2. The van der Waals surface area contributed by atoms with Crippen molar-refractivity contribution < 1.29 is 22.7 Å². The molecule has 144 valence electrons. The minimum atomic E-state index is -4.81. The van der Waals surface area contributed by atoms with Crippen molar-refractivity contribution in [1.82, 2.24) is 15.2 Å². The molecule has 2 N–H and O–H groups in total. The number of nitrogens with zero attached hydrogens (tertiary/aromatic N) is 2. The maximum Gasteiger partial charge on any atom is 0.573 e. The minimum Gasteiger partial charge on any atom is -0.405 e. The molecule has 1 amide bonds. The molecule has 1 heterocycles. The highest BCUT2D eigenvalue weighted by atomic mass is 19.4. The zero-order valence-corrected chi connectivity index (χ0v) is 14.6. The summed E-state index contributed by atoms with van der Waals surface area (Å²) in [5.41, 5.74) is 1.42. The molecule has 0 aliphatic heterocycles. The van der Waals surface area contributed by atoms with Crippen LogP contribution in [0.5, 0.6) is 5.75 Å². The largest absolute Gasteiger partial charge is 0.573 e. The fourth-order valence-electron chi connectivity index (χ4n) is 2.36. The van der Waals surface area contributed by atoms with Gasteiger partial charge in [-0.15, -0.1) is 13.2 Å². The number of hydrogen-bond donors (Lipinski definition) is 2. The average molecular weight is 388 g/mol. The van der Waals surface area contributed by atoms with Crippen LogP contribution in [0, 0.1) is 6.92 Å². The fourth-order valence-corrected chi connectivity index (χ4v) is 2.36. The highest BCUT2D eigenvalue weighted by Crippen LogP contribution is 2.27. The van der Waals surface area contributed by atoms with E-state index in [0.717, 1.165) is 11.6 Å². The second-order valence-electron chi connectivity index (χ2n) is 5.73. The van der Waals surface area contributed by atoms with Gasteiger partial charge in [0.1, 0.15) is 11.6 Å². The number of amides is 1. The summed E-state index contributed by atoms with van der Waals surface area (Å²) in [5, 5.41) is 9.42. The van der Waals surface area contributed by atoms with E-state index in [1.807, 2.05) is 0 Å². The van der Waals surface area contributed by atoms with Gasteiger partial charge in [0.25, 0.3) is 0 Å². The van der Waals surface area contributed by atoms with Crippen molar-refractivity contribution in [3.05, 3.63) is 66.0 Å². The number of ether oxygens (including phenoxy) is 1. The Bertz CT molecular complexity index is 995. The van der Waals surface area contributed by atoms with E-state index in [9.17, 15) is 18.0 Å². The van der Waals surface area contributed by atoms with Crippen LogP contribution in [0.1, 0.15) is 11.4 Å². The molecule has 9 heteroatoms. The Labute approximate surface area is 158 Å². The number of aromatic nitrogens is 3. The number of nitrogens with one attached hydrogen (secondary N) is 2. The Balaban J connectivity index is 1.66. The number of hydrogen-bond acceptors (Lipinski definition) is 4. The van der Waals surface area contributed by atoms with Crippen molar-refractivity contribution in [1.29, 1.82) is 0 Å². The predicted octanol–water partition coefficient (Wildman–Crippen LogP) is 4.33. The maximum atomic E-state index is 12.4. The monoisotopic (exact) mass is 388 g/mol. The molecule has 0 unspecified atom stereocenters. The Kier molecular flexibility index (Phi) is 5.44. The number of rotatable bonds is 5. The van der Waals surface area contributed by atoms with Crippen LogP contribution in [-0.4, -0.2) is 27.5 Å². The Morgan fingerprint density at radius 1 is 1.14 bits per heavy atom. The average Bonchev–Trinajstić information content (AvgIpc) is 3.07. The van der Waals surface area contributed by atoms with Gasteiger partial charge in [0.15, 0.2) is 5.82 Å². The van der Waals surface area contributed by atoms with Crippen molar-refractivity contribution in [2.24, 2.45) is 0 Å². The number of carbonyl (C=O) groups excluding carboxylic acids is 1. The van der Waals surface area contributed by atoms with Crippen molar-refractivity contribution in [3.63, 3.8) is 0 Å². The molecule has 28 heavy (non-hydrogen) atoms. The quantitative estimate of drug-likeness (QED) is 0.638. The van der Waals surface area contributed by atoms with Gasteiger partial charge in [0.05, 0.1) is 0 Å².